The number of aromatic amines is 1. The summed E-state index contributed by atoms with van der Waals surface area (Å²) in [5.41, 5.74) is 2.57. The molecule has 0 amide bonds. The van der Waals surface area contributed by atoms with Crippen LogP contribution < -0.4 is 5.32 Å². The number of aryl methyl sites for hydroxylation is 2. The SMILES string of the molecule is Brc1ccnc(NCc2nc3c([nH]2)CCCC3)c1.O=C(O)C(F)(F)F. The highest BCUT2D eigenvalue weighted by molar-refractivity contribution is 9.10. The van der Waals surface area contributed by atoms with Crippen molar-refractivity contribution in [3.8, 4) is 0 Å². The maximum atomic E-state index is 10.6. The predicted molar refractivity (Wildman–Crippen MR) is 88.2 cm³/mol. The summed E-state index contributed by atoms with van der Waals surface area (Å²) in [7, 11) is 0. The minimum absolute atomic E-state index is 0.691. The maximum absolute atomic E-state index is 10.6. The zero-order valence-corrected chi connectivity index (χ0v) is 14.6. The Labute approximate surface area is 150 Å². The van der Waals surface area contributed by atoms with Gasteiger partial charge in [-0.05, 0) is 37.8 Å². The number of rotatable bonds is 3. The van der Waals surface area contributed by atoms with E-state index in [-0.39, 0.29) is 0 Å². The van der Waals surface area contributed by atoms with Crippen molar-refractivity contribution in [1.29, 1.82) is 0 Å². The first-order chi connectivity index (χ1) is 11.8. The van der Waals surface area contributed by atoms with Crippen LogP contribution in [0, 0.1) is 0 Å². The van der Waals surface area contributed by atoms with Crippen LogP contribution in [0.2, 0.25) is 0 Å². The van der Waals surface area contributed by atoms with Gasteiger partial charge < -0.3 is 15.4 Å². The molecular formula is C15H16BrF3N4O2. The predicted octanol–water partition coefficient (Wildman–Crippen LogP) is 3.69. The monoisotopic (exact) mass is 420 g/mol. The Balaban J connectivity index is 0.000000277. The summed E-state index contributed by atoms with van der Waals surface area (Å²) in [5.74, 6) is -0.894. The third-order valence-corrected chi connectivity index (χ3v) is 3.90. The molecule has 2 aromatic heterocycles. The van der Waals surface area contributed by atoms with Crippen LogP contribution in [-0.4, -0.2) is 32.2 Å². The topological polar surface area (TPSA) is 90.9 Å². The fourth-order valence-corrected chi connectivity index (χ4v) is 2.61. The standard InChI is InChI=1S/C13H15BrN4.C2HF3O2/c14-9-5-6-15-12(7-9)16-8-13-17-10-3-1-2-4-11(10)18-13;3-2(4,5)1(6)7/h5-7H,1-4,8H2,(H,15,16)(H,17,18);(H,6,7). The van der Waals surface area contributed by atoms with Gasteiger partial charge in [0.05, 0.1) is 12.2 Å². The second-order valence-electron chi connectivity index (χ2n) is 5.33. The number of halogens is 4. The molecule has 1 aliphatic rings. The van der Waals surface area contributed by atoms with E-state index < -0.39 is 12.1 Å². The molecule has 3 N–H and O–H groups in total. The third kappa shape index (κ3) is 6.04. The van der Waals surface area contributed by atoms with E-state index in [0.29, 0.717) is 6.54 Å². The lowest BCUT2D eigenvalue weighted by atomic mass is 10.0. The molecule has 0 aliphatic heterocycles. The second-order valence-corrected chi connectivity index (χ2v) is 6.25. The lowest BCUT2D eigenvalue weighted by Gasteiger charge is -2.07. The van der Waals surface area contributed by atoms with E-state index in [0.717, 1.165) is 29.0 Å². The van der Waals surface area contributed by atoms with Crippen LogP contribution in [0.1, 0.15) is 30.1 Å². The molecular weight excluding hydrogens is 405 g/mol. The van der Waals surface area contributed by atoms with Gasteiger partial charge in [-0.15, -0.1) is 0 Å². The van der Waals surface area contributed by atoms with E-state index >= 15 is 0 Å². The van der Waals surface area contributed by atoms with Crippen LogP contribution >= 0.6 is 15.9 Å². The van der Waals surface area contributed by atoms with E-state index in [1.165, 1.54) is 24.2 Å². The van der Waals surface area contributed by atoms with Crippen LogP contribution in [0.3, 0.4) is 0 Å². The Morgan fingerprint density at radius 1 is 1.36 bits per heavy atom. The Morgan fingerprint density at radius 2 is 2.04 bits per heavy atom. The molecule has 136 valence electrons. The largest absolute Gasteiger partial charge is 0.490 e. The van der Waals surface area contributed by atoms with Gasteiger partial charge >= 0.3 is 12.1 Å². The fourth-order valence-electron chi connectivity index (χ4n) is 2.27. The van der Waals surface area contributed by atoms with Crippen molar-refractivity contribution in [3.63, 3.8) is 0 Å². The van der Waals surface area contributed by atoms with Gasteiger partial charge in [0.2, 0.25) is 0 Å². The van der Waals surface area contributed by atoms with Crippen molar-refractivity contribution in [2.45, 2.75) is 38.4 Å². The molecule has 3 rings (SSSR count). The van der Waals surface area contributed by atoms with Gasteiger partial charge in [0, 0.05) is 16.4 Å². The van der Waals surface area contributed by atoms with E-state index in [1.54, 1.807) is 6.20 Å². The van der Waals surface area contributed by atoms with Crippen molar-refractivity contribution < 1.29 is 23.1 Å². The summed E-state index contributed by atoms with van der Waals surface area (Å²) in [5, 5.41) is 10.4. The molecule has 25 heavy (non-hydrogen) atoms. The Kier molecular flexibility index (Phi) is 6.40. The van der Waals surface area contributed by atoms with Gasteiger partial charge in [-0.25, -0.2) is 14.8 Å². The van der Waals surface area contributed by atoms with Crippen LogP contribution in [0.25, 0.3) is 0 Å². The van der Waals surface area contributed by atoms with Crippen LogP contribution in [-0.2, 0) is 24.2 Å². The number of imidazole rings is 1. The number of alkyl halides is 3. The zero-order valence-electron chi connectivity index (χ0n) is 13.0. The molecule has 0 saturated carbocycles. The highest BCUT2D eigenvalue weighted by atomic mass is 79.9. The number of nitrogens with zero attached hydrogens (tertiary/aromatic N) is 2. The van der Waals surface area contributed by atoms with E-state index in [4.69, 9.17) is 9.90 Å². The smallest absolute Gasteiger partial charge is 0.475 e. The quantitative estimate of drug-likeness (QED) is 0.704. The second kappa shape index (κ2) is 8.32. The van der Waals surface area contributed by atoms with E-state index in [2.05, 4.69) is 36.2 Å². The number of carboxylic acid groups (broad SMARTS) is 1. The summed E-state index contributed by atoms with van der Waals surface area (Å²) >= 11 is 3.43. The number of H-pyrrole nitrogens is 1. The van der Waals surface area contributed by atoms with Crippen molar-refractivity contribution in [3.05, 3.63) is 40.0 Å². The number of anilines is 1. The molecule has 0 unspecified atom stereocenters. The van der Waals surface area contributed by atoms with E-state index in [1.807, 2.05) is 12.1 Å². The number of aromatic nitrogens is 3. The van der Waals surface area contributed by atoms with Gasteiger partial charge in [0.15, 0.2) is 0 Å². The number of carboxylic acids is 1. The Hall–Kier alpha value is -2.10. The molecule has 10 heteroatoms. The minimum atomic E-state index is -5.08. The van der Waals surface area contributed by atoms with Crippen LogP contribution in [0.5, 0.6) is 0 Å². The average Bonchev–Trinajstić information content (AvgIpc) is 2.95. The molecule has 1 aliphatic carbocycles. The number of hydrogen-bond acceptors (Lipinski definition) is 4. The maximum Gasteiger partial charge on any atom is 0.490 e. The van der Waals surface area contributed by atoms with Crippen LogP contribution in [0.4, 0.5) is 19.0 Å². The summed E-state index contributed by atoms with van der Waals surface area (Å²) in [6.45, 7) is 0.691. The van der Waals surface area contributed by atoms with Gasteiger partial charge in [0.1, 0.15) is 11.6 Å². The number of carbonyl (C=O) groups is 1. The molecule has 0 saturated heterocycles. The third-order valence-electron chi connectivity index (χ3n) is 3.41. The van der Waals surface area contributed by atoms with Gasteiger partial charge in [-0.3, -0.25) is 0 Å². The molecule has 6 nitrogen and oxygen atoms in total. The number of aliphatic carboxylic acids is 1. The number of pyridine rings is 1. The van der Waals surface area contributed by atoms with Gasteiger partial charge in [-0.2, -0.15) is 13.2 Å². The van der Waals surface area contributed by atoms with Crippen molar-refractivity contribution in [2.75, 3.05) is 5.32 Å². The molecule has 0 fully saturated rings. The molecule has 0 bridgehead atoms. The molecule has 0 radical (unpaired) electrons. The molecule has 0 aromatic carbocycles. The number of hydrogen-bond donors (Lipinski definition) is 3. The average molecular weight is 421 g/mol. The van der Waals surface area contributed by atoms with E-state index in [9.17, 15) is 13.2 Å². The lowest BCUT2D eigenvalue weighted by molar-refractivity contribution is -0.192. The zero-order chi connectivity index (χ0) is 18.4. The molecule has 2 heterocycles. The lowest BCUT2D eigenvalue weighted by Crippen LogP contribution is -2.21. The molecule has 0 spiro atoms. The normalized spacial score (nSPS) is 13.4. The summed E-state index contributed by atoms with van der Waals surface area (Å²) in [4.78, 5) is 21.2. The van der Waals surface area contributed by atoms with Crippen molar-refractivity contribution in [1.82, 2.24) is 15.0 Å². The van der Waals surface area contributed by atoms with Gasteiger partial charge in [-0.1, -0.05) is 15.9 Å². The first-order valence-electron chi connectivity index (χ1n) is 7.48. The van der Waals surface area contributed by atoms with Crippen LogP contribution in [0.15, 0.2) is 22.8 Å². The van der Waals surface area contributed by atoms with Crippen molar-refractivity contribution >= 4 is 27.7 Å². The number of fused-ring (bicyclic) bond motifs is 1. The fraction of sp³-hybridized carbons (Fsp3) is 0.400. The summed E-state index contributed by atoms with van der Waals surface area (Å²) in [6, 6.07) is 3.87. The molecule has 0 atom stereocenters. The highest BCUT2D eigenvalue weighted by Crippen LogP contribution is 2.19. The van der Waals surface area contributed by atoms with Gasteiger partial charge in [0.25, 0.3) is 0 Å². The Morgan fingerprint density at radius 3 is 2.64 bits per heavy atom. The summed E-state index contributed by atoms with van der Waals surface area (Å²) in [6.07, 6.45) is 1.48. The Bertz CT molecular complexity index is 710. The highest BCUT2D eigenvalue weighted by Gasteiger charge is 2.38. The first kappa shape index (κ1) is 19.2. The minimum Gasteiger partial charge on any atom is -0.475 e. The number of nitrogens with one attached hydrogen (secondary N) is 2. The molecule has 2 aromatic rings. The van der Waals surface area contributed by atoms with Crippen molar-refractivity contribution in [2.24, 2.45) is 0 Å². The summed E-state index contributed by atoms with van der Waals surface area (Å²) < 4.78 is 32.8. The first-order valence-corrected chi connectivity index (χ1v) is 8.27.